The van der Waals surface area contributed by atoms with Gasteiger partial charge in [0.25, 0.3) is 0 Å². The lowest BCUT2D eigenvalue weighted by Crippen LogP contribution is -2.28. The average Bonchev–Trinajstić information content (AvgIpc) is 3.20. The highest BCUT2D eigenvalue weighted by molar-refractivity contribution is 5.77. The first-order valence-corrected chi connectivity index (χ1v) is 6.81. The molecule has 0 radical (unpaired) electrons. The largest absolute Gasteiger partial charge is 0.353 e. The van der Waals surface area contributed by atoms with E-state index in [0.717, 1.165) is 19.3 Å². The number of benzene rings is 1. The second-order valence-electron chi connectivity index (χ2n) is 5.07. The zero-order valence-electron chi connectivity index (χ0n) is 11.0. The number of hydrogen-bond acceptors (Lipinski definition) is 2. The molecule has 1 aliphatic carbocycles. The number of hydrogen-bond donors (Lipinski definition) is 2. The van der Waals surface area contributed by atoms with E-state index in [9.17, 15) is 4.79 Å². The second kappa shape index (κ2) is 6.01. The Labute approximate surface area is 109 Å². The summed E-state index contributed by atoms with van der Waals surface area (Å²) >= 11 is 0. The van der Waals surface area contributed by atoms with Crippen molar-refractivity contribution in [2.24, 2.45) is 5.73 Å². The van der Waals surface area contributed by atoms with Crippen molar-refractivity contribution in [1.82, 2.24) is 5.32 Å². The minimum Gasteiger partial charge on any atom is -0.353 e. The second-order valence-corrected chi connectivity index (χ2v) is 5.07. The highest BCUT2D eigenvalue weighted by atomic mass is 16.1. The molecule has 1 fully saturated rings. The Morgan fingerprint density at radius 3 is 2.56 bits per heavy atom. The number of amides is 1. The van der Waals surface area contributed by atoms with Crippen LogP contribution in [0.15, 0.2) is 24.3 Å². The average molecular weight is 246 g/mol. The SMILES string of the molecule is CCc1ccc(C(CN)CC(=O)NC2CC2)cc1. The van der Waals surface area contributed by atoms with Gasteiger partial charge in [0.1, 0.15) is 0 Å². The molecule has 1 saturated carbocycles. The van der Waals surface area contributed by atoms with E-state index in [-0.39, 0.29) is 11.8 Å². The molecule has 0 heterocycles. The van der Waals surface area contributed by atoms with Gasteiger partial charge in [-0.3, -0.25) is 4.79 Å². The van der Waals surface area contributed by atoms with Gasteiger partial charge < -0.3 is 11.1 Å². The van der Waals surface area contributed by atoms with Crippen LogP contribution in [0.5, 0.6) is 0 Å². The van der Waals surface area contributed by atoms with E-state index in [1.54, 1.807) is 0 Å². The molecule has 1 unspecified atom stereocenters. The summed E-state index contributed by atoms with van der Waals surface area (Å²) in [6.07, 6.45) is 3.79. The van der Waals surface area contributed by atoms with E-state index >= 15 is 0 Å². The number of carbonyl (C=O) groups is 1. The van der Waals surface area contributed by atoms with Crippen LogP contribution < -0.4 is 11.1 Å². The molecule has 1 aromatic carbocycles. The fourth-order valence-electron chi connectivity index (χ4n) is 2.10. The molecule has 0 aromatic heterocycles. The predicted octanol–water partition coefficient (Wildman–Crippen LogP) is 1.96. The van der Waals surface area contributed by atoms with E-state index in [0.29, 0.717) is 19.0 Å². The van der Waals surface area contributed by atoms with E-state index in [1.807, 2.05) is 0 Å². The van der Waals surface area contributed by atoms with E-state index < -0.39 is 0 Å². The summed E-state index contributed by atoms with van der Waals surface area (Å²) in [7, 11) is 0. The smallest absolute Gasteiger partial charge is 0.220 e. The number of aryl methyl sites for hydroxylation is 1. The Morgan fingerprint density at radius 1 is 1.39 bits per heavy atom. The monoisotopic (exact) mass is 246 g/mol. The first kappa shape index (κ1) is 13.1. The van der Waals surface area contributed by atoms with Gasteiger partial charge in [-0.25, -0.2) is 0 Å². The van der Waals surface area contributed by atoms with Crippen molar-refractivity contribution in [2.45, 2.75) is 44.6 Å². The molecule has 1 amide bonds. The highest BCUT2D eigenvalue weighted by Crippen LogP contribution is 2.22. The Balaban J connectivity index is 1.95. The number of rotatable bonds is 6. The normalized spacial score (nSPS) is 16.3. The van der Waals surface area contributed by atoms with Crippen molar-refractivity contribution < 1.29 is 4.79 Å². The Kier molecular flexibility index (Phi) is 4.37. The van der Waals surface area contributed by atoms with Crippen LogP contribution in [-0.2, 0) is 11.2 Å². The number of nitrogens with one attached hydrogen (secondary N) is 1. The van der Waals surface area contributed by atoms with Gasteiger partial charge in [0.2, 0.25) is 5.91 Å². The molecule has 0 spiro atoms. The first-order chi connectivity index (χ1) is 8.72. The molecule has 3 heteroatoms. The van der Waals surface area contributed by atoms with Crippen LogP contribution in [-0.4, -0.2) is 18.5 Å². The van der Waals surface area contributed by atoms with Gasteiger partial charge in [0.15, 0.2) is 0 Å². The molecule has 0 aliphatic heterocycles. The summed E-state index contributed by atoms with van der Waals surface area (Å²) in [6.45, 7) is 2.65. The van der Waals surface area contributed by atoms with Crippen molar-refractivity contribution in [1.29, 1.82) is 0 Å². The Bertz CT molecular complexity index is 395. The quantitative estimate of drug-likeness (QED) is 0.806. The fourth-order valence-corrected chi connectivity index (χ4v) is 2.10. The Hall–Kier alpha value is -1.35. The van der Waals surface area contributed by atoms with Crippen molar-refractivity contribution in [3.63, 3.8) is 0 Å². The third-order valence-corrected chi connectivity index (χ3v) is 3.52. The third kappa shape index (κ3) is 3.57. The molecule has 1 aromatic rings. The zero-order valence-corrected chi connectivity index (χ0v) is 11.0. The summed E-state index contributed by atoms with van der Waals surface area (Å²) in [5.74, 6) is 0.266. The standard InChI is InChI=1S/C15H22N2O/c1-2-11-3-5-12(6-4-11)13(10-16)9-15(18)17-14-7-8-14/h3-6,13-14H,2,7-10,16H2,1H3,(H,17,18). The third-order valence-electron chi connectivity index (χ3n) is 3.52. The Morgan fingerprint density at radius 2 is 2.06 bits per heavy atom. The molecule has 2 rings (SSSR count). The molecule has 1 aliphatic rings. The lowest BCUT2D eigenvalue weighted by atomic mass is 9.94. The topological polar surface area (TPSA) is 55.1 Å². The van der Waals surface area contributed by atoms with E-state index in [4.69, 9.17) is 5.73 Å². The maximum atomic E-state index is 11.8. The lowest BCUT2D eigenvalue weighted by molar-refractivity contribution is -0.121. The van der Waals surface area contributed by atoms with Crippen LogP contribution in [0.3, 0.4) is 0 Å². The minimum atomic E-state index is 0.132. The first-order valence-electron chi connectivity index (χ1n) is 6.81. The molecule has 3 nitrogen and oxygen atoms in total. The van der Waals surface area contributed by atoms with Gasteiger partial charge in [-0.2, -0.15) is 0 Å². The highest BCUT2D eigenvalue weighted by Gasteiger charge is 2.24. The van der Waals surface area contributed by atoms with Gasteiger partial charge in [0, 0.05) is 18.4 Å². The van der Waals surface area contributed by atoms with Gasteiger partial charge in [-0.15, -0.1) is 0 Å². The van der Waals surface area contributed by atoms with Crippen LogP contribution in [0.4, 0.5) is 0 Å². The number of carbonyl (C=O) groups excluding carboxylic acids is 1. The van der Waals surface area contributed by atoms with Crippen LogP contribution in [0.25, 0.3) is 0 Å². The van der Waals surface area contributed by atoms with Crippen LogP contribution in [0.1, 0.15) is 43.2 Å². The van der Waals surface area contributed by atoms with Crippen molar-refractivity contribution in [3.05, 3.63) is 35.4 Å². The summed E-state index contributed by atoms with van der Waals surface area (Å²) in [6, 6.07) is 8.87. The van der Waals surface area contributed by atoms with Gasteiger partial charge in [-0.05, 0) is 36.9 Å². The van der Waals surface area contributed by atoms with Gasteiger partial charge in [0.05, 0.1) is 0 Å². The van der Waals surface area contributed by atoms with E-state index in [1.165, 1.54) is 11.1 Å². The summed E-state index contributed by atoms with van der Waals surface area (Å²) in [4.78, 5) is 11.8. The molecule has 18 heavy (non-hydrogen) atoms. The maximum Gasteiger partial charge on any atom is 0.220 e. The van der Waals surface area contributed by atoms with Crippen LogP contribution in [0.2, 0.25) is 0 Å². The van der Waals surface area contributed by atoms with Gasteiger partial charge >= 0.3 is 0 Å². The summed E-state index contributed by atoms with van der Waals surface area (Å²) < 4.78 is 0. The molecule has 0 saturated heterocycles. The summed E-state index contributed by atoms with van der Waals surface area (Å²) in [5, 5.41) is 3.02. The zero-order chi connectivity index (χ0) is 13.0. The van der Waals surface area contributed by atoms with Crippen molar-refractivity contribution in [2.75, 3.05) is 6.54 Å². The molecule has 0 bridgehead atoms. The molecule has 1 atom stereocenters. The fraction of sp³-hybridized carbons (Fsp3) is 0.533. The van der Waals surface area contributed by atoms with Crippen molar-refractivity contribution >= 4 is 5.91 Å². The minimum absolute atomic E-state index is 0.132. The molecule has 98 valence electrons. The van der Waals surface area contributed by atoms with Crippen molar-refractivity contribution in [3.8, 4) is 0 Å². The van der Waals surface area contributed by atoms with Crippen LogP contribution in [0, 0.1) is 0 Å². The lowest BCUT2D eigenvalue weighted by Gasteiger charge is -2.15. The predicted molar refractivity (Wildman–Crippen MR) is 73.4 cm³/mol. The number of nitrogens with two attached hydrogens (primary N) is 1. The van der Waals surface area contributed by atoms with Crippen LogP contribution >= 0.6 is 0 Å². The molecular formula is C15H22N2O. The molecule has 3 N–H and O–H groups in total. The van der Waals surface area contributed by atoms with E-state index in [2.05, 4.69) is 36.5 Å². The van der Waals surface area contributed by atoms with Gasteiger partial charge in [-0.1, -0.05) is 31.2 Å². The molecular weight excluding hydrogens is 224 g/mol. The maximum absolute atomic E-state index is 11.8. The summed E-state index contributed by atoms with van der Waals surface area (Å²) in [5.41, 5.74) is 8.27.